The fourth-order valence-electron chi connectivity index (χ4n) is 1.81. The van der Waals surface area contributed by atoms with Gasteiger partial charge in [0.05, 0.1) is 6.61 Å². The number of aliphatic hydroxyl groups is 1. The quantitative estimate of drug-likeness (QED) is 0.623. The lowest BCUT2D eigenvalue weighted by Gasteiger charge is -2.14. The molecule has 0 radical (unpaired) electrons. The van der Waals surface area contributed by atoms with Crippen molar-refractivity contribution >= 4 is 11.6 Å². The zero-order valence-corrected chi connectivity index (χ0v) is 12.6. The molecule has 0 unspecified atom stereocenters. The van der Waals surface area contributed by atoms with Crippen LogP contribution in [-0.2, 0) is 5.88 Å². The number of rotatable bonds is 4. The Morgan fingerprint density at radius 2 is 1.61 bits per heavy atom. The van der Waals surface area contributed by atoms with Crippen molar-refractivity contribution in [3.05, 3.63) is 47.5 Å². The molecule has 0 fully saturated rings. The van der Waals surface area contributed by atoms with E-state index >= 15 is 0 Å². The van der Waals surface area contributed by atoms with Crippen LogP contribution in [0.3, 0.4) is 0 Å². The Balaban J connectivity index is 0.000000327. The lowest BCUT2D eigenvalue weighted by Crippen LogP contribution is -2.02. The zero-order chi connectivity index (χ0) is 14.0. The van der Waals surface area contributed by atoms with Gasteiger partial charge < -0.3 is 5.11 Å². The first-order valence-electron chi connectivity index (χ1n) is 6.43. The van der Waals surface area contributed by atoms with Gasteiger partial charge in [0.15, 0.2) is 0 Å². The Morgan fingerprint density at radius 1 is 1.11 bits per heavy atom. The van der Waals surface area contributed by atoms with Crippen molar-refractivity contribution in [1.29, 1.82) is 0 Å². The molecule has 0 heterocycles. The molecule has 0 aliphatic heterocycles. The minimum absolute atomic E-state index is 0.172. The molecule has 0 saturated heterocycles. The molecule has 18 heavy (non-hydrogen) atoms. The monoisotopic (exact) mass is 268 g/mol. The third kappa shape index (κ3) is 7.52. The molecule has 1 aromatic rings. The van der Waals surface area contributed by atoms with E-state index < -0.39 is 0 Å². The van der Waals surface area contributed by atoms with Gasteiger partial charge in [-0.3, -0.25) is 0 Å². The Kier molecular flexibility index (Phi) is 9.72. The number of halogens is 1. The zero-order valence-electron chi connectivity index (χ0n) is 11.9. The van der Waals surface area contributed by atoms with Gasteiger partial charge in [0.2, 0.25) is 0 Å². The number of alkyl halides is 1. The Hall–Kier alpha value is -0.790. The van der Waals surface area contributed by atoms with Gasteiger partial charge in [0, 0.05) is 5.88 Å². The van der Waals surface area contributed by atoms with Crippen molar-refractivity contribution < 1.29 is 5.11 Å². The first kappa shape index (κ1) is 17.2. The molecule has 1 rings (SSSR count). The maximum atomic E-state index is 8.66. The van der Waals surface area contributed by atoms with Gasteiger partial charge in [0.1, 0.15) is 0 Å². The normalized spacial score (nSPS) is 10.0. The molecular formula is C16H25ClO. The standard InChI is InChI=1S/C9H18O.C7H7Cl/c1-7(2)9(5-6-10)8(3)4;8-6-7-4-2-1-3-5-7/h5,7-8,10H,6H2,1-4H3;1-5H,6H2. The summed E-state index contributed by atoms with van der Waals surface area (Å²) < 4.78 is 0. The number of allylic oxidation sites excluding steroid dienone is 1. The third-order valence-corrected chi connectivity index (χ3v) is 2.97. The molecule has 0 aromatic heterocycles. The molecule has 1 aromatic carbocycles. The van der Waals surface area contributed by atoms with Crippen LogP contribution in [0.5, 0.6) is 0 Å². The number of aliphatic hydroxyl groups excluding tert-OH is 1. The van der Waals surface area contributed by atoms with E-state index in [0.29, 0.717) is 17.7 Å². The summed E-state index contributed by atoms with van der Waals surface area (Å²) >= 11 is 5.53. The average molecular weight is 269 g/mol. The Bertz CT molecular complexity index is 318. The molecule has 0 aliphatic carbocycles. The highest BCUT2D eigenvalue weighted by Crippen LogP contribution is 2.18. The predicted molar refractivity (Wildman–Crippen MR) is 80.8 cm³/mol. The van der Waals surface area contributed by atoms with Gasteiger partial charge in [-0.1, -0.05) is 69.7 Å². The Labute approximate surface area is 116 Å². The van der Waals surface area contributed by atoms with Crippen molar-refractivity contribution in [3.63, 3.8) is 0 Å². The van der Waals surface area contributed by atoms with Crippen LogP contribution < -0.4 is 0 Å². The number of hydrogen-bond acceptors (Lipinski definition) is 1. The third-order valence-electron chi connectivity index (χ3n) is 2.66. The molecule has 2 heteroatoms. The van der Waals surface area contributed by atoms with Crippen LogP contribution >= 0.6 is 11.6 Å². The van der Waals surface area contributed by atoms with Crippen LogP contribution in [0.1, 0.15) is 33.3 Å². The van der Waals surface area contributed by atoms with Gasteiger partial charge in [-0.2, -0.15) is 0 Å². The summed E-state index contributed by atoms with van der Waals surface area (Å²) in [6.45, 7) is 8.79. The molecule has 1 nitrogen and oxygen atoms in total. The van der Waals surface area contributed by atoms with Gasteiger partial charge in [-0.25, -0.2) is 0 Å². The van der Waals surface area contributed by atoms with E-state index in [1.54, 1.807) is 0 Å². The highest BCUT2D eigenvalue weighted by Gasteiger charge is 2.05. The van der Waals surface area contributed by atoms with E-state index in [1.807, 2.05) is 36.4 Å². The van der Waals surface area contributed by atoms with Gasteiger partial charge >= 0.3 is 0 Å². The van der Waals surface area contributed by atoms with E-state index in [1.165, 1.54) is 11.1 Å². The van der Waals surface area contributed by atoms with E-state index in [-0.39, 0.29) is 6.61 Å². The second kappa shape index (κ2) is 10.2. The van der Waals surface area contributed by atoms with Crippen molar-refractivity contribution in [2.45, 2.75) is 33.6 Å². The lowest BCUT2D eigenvalue weighted by atomic mass is 9.92. The summed E-state index contributed by atoms with van der Waals surface area (Å²) in [6, 6.07) is 9.96. The molecule has 1 N–H and O–H groups in total. The second-order valence-electron chi connectivity index (χ2n) is 4.82. The fraction of sp³-hybridized carbons (Fsp3) is 0.500. The first-order chi connectivity index (χ1) is 8.52. The van der Waals surface area contributed by atoms with Crippen LogP contribution in [0.2, 0.25) is 0 Å². The Morgan fingerprint density at radius 3 is 1.83 bits per heavy atom. The predicted octanol–water partition coefficient (Wildman–Crippen LogP) is 4.64. The first-order valence-corrected chi connectivity index (χ1v) is 6.97. The fourth-order valence-corrected chi connectivity index (χ4v) is 1.99. The minimum Gasteiger partial charge on any atom is -0.392 e. The van der Waals surface area contributed by atoms with Crippen LogP contribution in [0.4, 0.5) is 0 Å². The summed E-state index contributed by atoms with van der Waals surface area (Å²) in [6.07, 6.45) is 1.91. The highest BCUT2D eigenvalue weighted by atomic mass is 35.5. The van der Waals surface area contributed by atoms with Gasteiger partial charge in [-0.05, 0) is 17.4 Å². The summed E-state index contributed by atoms with van der Waals surface area (Å²) in [5.74, 6) is 1.74. The molecule has 0 spiro atoms. The molecule has 102 valence electrons. The van der Waals surface area contributed by atoms with Gasteiger partial charge in [0.25, 0.3) is 0 Å². The number of hydrogen-bond donors (Lipinski definition) is 1. The smallest absolute Gasteiger partial charge is 0.0615 e. The summed E-state index contributed by atoms with van der Waals surface area (Å²) in [4.78, 5) is 0. The molecule has 0 aliphatic rings. The number of benzene rings is 1. The molecule has 0 saturated carbocycles. The van der Waals surface area contributed by atoms with Crippen LogP contribution in [0, 0.1) is 11.8 Å². The van der Waals surface area contributed by atoms with Crippen LogP contribution in [0.25, 0.3) is 0 Å². The summed E-state index contributed by atoms with van der Waals surface area (Å²) in [7, 11) is 0. The molecular weight excluding hydrogens is 244 g/mol. The maximum Gasteiger partial charge on any atom is 0.0615 e. The second-order valence-corrected chi connectivity index (χ2v) is 5.08. The SMILES string of the molecule is CC(C)C(=CCO)C(C)C.ClCc1ccccc1. The van der Waals surface area contributed by atoms with Crippen molar-refractivity contribution in [2.24, 2.45) is 11.8 Å². The minimum atomic E-state index is 0.172. The van der Waals surface area contributed by atoms with Crippen LogP contribution in [0.15, 0.2) is 42.0 Å². The van der Waals surface area contributed by atoms with Crippen molar-refractivity contribution in [1.82, 2.24) is 0 Å². The van der Waals surface area contributed by atoms with E-state index in [0.717, 1.165) is 0 Å². The largest absolute Gasteiger partial charge is 0.392 e. The molecule has 0 atom stereocenters. The molecule has 0 bridgehead atoms. The summed E-state index contributed by atoms with van der Waals surface area (Å²) in [5.41, 5.74) is 2.52. The van der Waals surface area contributed by atoms with Crippen LogP contribution in [-0.4, -0.2) is 11.7 Å². The van der Waals surface area contributed by atoms with Gasteiger partial charge in [-0.15, -0.1) is 11.6 Å². The van der Waals surface area contributed by atoms with Crippen molar-refractivity contribution in [3.8, 4) is 0 Å². The summed E-state index contributed by atoms with van der Waals surface area (Å²) in [5, 5.41) is 8.66. The van der Waals surface area contributed by atoms with E-state index in [2.05, 4.69) is 27.7 Å². The maximum absolute atomic E-state index is 8.66. The average Bonchev–Trinajstić information content (AvgIpc) is 2.37. The topological polar surface area (TPSA) is 20.2 Å². The van der Waals surface area contributed by atoms with E-state index in [9.17, 15) is 0 Å². The molecule has 0 amide bonds. The van der Waals surface area contributed by atoms with Crippen molar-refractivity contribution in [2.75, 3.05) is 6.61 Å². The lowest BCUT2D eigenvalue weighted by molar-refractivity contribution is 0.339. The van der Waals surface area contributed by atoms with E-state index in [4.69, 9.17) is 16.7 Å². The highest BCUT2D eigenvalue weighted by molar-refractivity contribution is 6.17.